The van der Waals surface area contributed by atoms with Crippen LogP contribution in [-0.2, 0) is 0 Å². The molecule has 0 fully saturated rings. The fraction of sp³-hybridized carbons (Fsp3) is 0. The number of hydrogen-bond acceptors (Lipinski definition) is 3. The van der Waals surface area contributed by atoms with Gasteiger partial charge in [-0.2, -0.15) is 0 Å². The number of nitrogens with zero attached hydrogens (tertiary/aromatic N) is 4. The molecule has 0 aliphatic rings. The third kappa shape index (κ3) is 9.49. The maximum Gasteiger partial charge on any atom is 0.164 e. The van der Waals surface area contributed by atoms with Gasteiger partial charge in [-0.1, -0.05) is 268 Å². The van der Waals surface area contributed by atoms with Gasteiger partial charge in [-0.15, -0.1) is 0 Å². The van der Waals surface area contributed by atoms with Crippen molar-refractivity contribution in [2.45, 2.75) is 0 Å². The normalized spacial score (nSPS) is 11.5. The summed E-state index contributed by atoms with van der Waals surface area (Å²) in [7, 11) is 0. The van der Waals surface area contributed by atoms with Gasteiger partial charge in [0.2, 0.25) is 0 Å². The fourth-order valence-electron chi connectivity index (χ4n) is 10.8. The monoisotopic (exact) mass is 1010 g/mol. The molecule has 0 unspecified atom stereocenters. The molecule has 4 heteroatoms. The van der Waals surface area contributed by atoms with Gasteiger partial charge in [-0.25, -0.2) is 15.0 Å². The molecule has 2 aromatic heterocycles. The fourth-order valence-corrected chi connectivity index (χ4v) is 10.8. The Labute approximate surface area is 461 Å². The predicted molar refractivity (Wildman–Crippen MR) is 331 cm³/mol. The van der Waals surface area contributed by atoms with E-state index in [2.05, 4.69) is 266 Å². The molecule has 0 saturated carbocycles. The number of rotatable bonds is 13. The van der Waals surface area contributed by atoms with Gasteiger partial charge in [0.15, 0.2) is 17.5 Å². The number of allylic oxidation sites excluding steroid dienone is 4. The minimum Gasteiger partial charge on any atom is -0.308 e. The first-order valence-electron chi connectivity index (χ1n) is 26.6. The van der Waals surface area contributed by atoms with E-state index in [4.69, 9.17) is 15.0 Å². The van der Waals surface area contributed by atoms with Gasteiger partial charge in [-0.05, 0) is 103 Å². The van der Waals surface area contributed by atoms with E-state index in [0.29, 0.717) is 17.5 Å². The molecule has 0 spiro atoms. The van der Waals surface area contributed by atoms with Gasteiger partial charge in [0, 0.05) is 38.6 Å². The first-order valence-corrected chi connectivity index (χ1v) is 26.6. The van der Waals surface area contributed by atoms with E-state index >= 15 is 0 Å². The molecule has 13 rings (SSSR count). The van der Waals surface area contributed by atoms with Crippen molar-refractivity contribution in [2.75, 3.05) is 0 Å². The van der Waals surface area contributed by atoms with Crippen LogP contribution in [0.3, 0.4) is 0 Å². The highest BCUT2D eigenvalue weighted by atomic mass is 15.0. The molecule has 0 atom stereocenters. The summed E-state index contributed by atoms with van der Waals surface area (Å²) in [5.41, 5.74) is 21.2. The molecule has 0 radical (unpaired) electrons. The number of fused-ring (bicyclic) bond motifs is 3. The van der Waals surface area contributed by atoms with Gasteiger partial charge in [0.05, 0.1) is 16.7 Å². The molecule has 372 valence electrons. The van der Waals surface area contributed by atoms with E-state index in [0.717, 1.165) is 122 Å². The van der Waals surface area contributed by atoms with Crippen molar-refractivity contribution in [3.05, 3.63) is 310 Å². The van der Waals surface area contributed by atoms with E-state index in [1.165, 1.54) is 0 Å². The van der Waals surface area contributed by atoms with Crippen molar-refractivity contribution < 1.29 is 0 Å². The molecule has 0 saturated heterocycles. The van der Waals surface area contributed by atoms with Crippen LogP contribution in [0.1, 0.15) is 5.56 Å². The maximum atomic E-state index is 5.41. The zero-order chi connectivity index (χ0) is 53.1. The molecule has 2 heterocycles. The minimum absolute atomic E-state index is 0.563. The average molecular weight is 1010 g/mol. The number of benzene rings is 11. The van der Waals surface area contributed by atoms with E-state index < -0.39 is 0 Å². The molecule has 0 aliphatic carbocycles. The lowest BCUT2D eigenvalue weighted by Gasteiger charge is -2.21. The van der Waals surface area contributed by atoms with Crippen LogP contribution in [0.5, 0.6) is 0 Å². The summed E-state index contributed by atoms with van der Waals surface area (Å²) in [5, 5.41) is 2.31. The highest BCUT2D eigenvalue weighted by Gasteiger charge is 2.24. The molecule has 13 aromatic rings. The number of aromatic nitrogens is 4. The largest absolute Gasteiger partial charge is 0.308 e. The standard InChI is InChI=1S/C75H52N4/c1-3-20-51(4-2)56-31-37-59(38-32-56)66-49-65(75-77-73(61-29-18-9-19-30-61)76-74(78-75)62-41-35-58(36-42-62)53-23-12-6-13-24-53)50-67(60-39-33-57(34-40-60)52-21-10-5-11-22-52)72(66)79-70-45-43-63(54-25-14-7-15-26-54)47-68(70)69-48-64(44-46-71(69)79)55-27-16-8-17-28-55/h3-50H,1-2H2/b51-20+. The topological polar surface area (TPSA) is 43.6 Å². The Morgan fingerprint density at radius 2 is 0.620 bits per heavy atom. The Balaban J connectivity index is 1.11. The third-order valence-electron chi connectivity index (χ3n) is 14.8. The van der Waals surface area contributed by atoms with Crippen LogP contribution in [0.15, 0.2) is 304 Å². The summed E-state index contributed by atoms with van der Waals surface area (Å²) in [6, 6.07) is 97.2. The Kier molecular flexibility index (Phi) is 12.9. The van der Waals surface area contributed by atoms with Crippen molar-refractivity contribution in [1.29, 1.82) is 0 Å². The predicted octanol–water partition coefficient (Wildman–Crippen LogP) is 19.7. The summed E-state index contributed by atoms with van der Waals surface area (Å²) in [4.78, 5) is 16.0. The van der Waals surface area contributed by atoms with E-state index in [9.17, 15) is 0 Å². The summed E-state index contributed by atoms with van der Waals surface area (Å²) in [5.74, 6) is 1.74. The second-order valence-corrected chi connectivity index (χ2v) is 19.6. The van der Waals surface area contributed by atoms with Crippen LogP contribution in [0.25, 0.3) is 134 Å². The van der Waals surface area contributed by atoms with Crippen molar-refractivity contribution in [2.24, 2.45) is 0 Å². The summed E-state index contributed by atoms with van der Waals surface area (Å²) in [6.45, 7) is 8.14. The smallest absolute Gasteiger partial charge is 0.164 e. The first kappa shape index (κ1) is 48.1. The van der Waals surface area contributed by atoms with E-state index in [1.807, 2.05) is 36.4 Å². The highest BCUT2D eigenvalue weighted by molar-refractivity contribution is 6.13. The van der Waals surface area contributed by atoms with Crippen molar-refractivity contribution in [1.82, 2.24) is 19.5 Å². The third-order valence-corrected chi connectivity index (χ3v) is 14.8. The molecule has 0 amide bonds. The van der Waals surface area contributed by atoms with Crippen molar-refractivity contribution in [3.63, 3.8) is 0 Å². The second-order valence-electron chi connectivity index (χ2n) is 19.6. The van der Waals surface area contributed by atoms with E-state index in [-0.39, 0.29) is 0 Å². The highest BCUT2D eigenvalue weighted by Crippen LogP contribution is 2.46. The molecule has 4 nitrogen and oxygen atoms in total. The lowest BCUT2D eigenvalue weighted by atomic mass is 9.91. The van der Waals surface area contributed by atoms with Gasteiger partial charge in [0.1, 0.15) is 0 Å². The summed E-state index contributed by atoms with van der Waals surface area (Å²) in [6.07, 6.45) is 5.68. The Morgan fingerprint density at radius 1 is 0.304 bits per heavy atom. The number of hydrogen-bond donors (Lipinski definition) is 0. The molecule has 79 heavy (non-hydrogen) atoms. The molecule has 11 aromatic carbocycles. The first-order chi connectivity index (χ1) is 39.1. The van der Waals surface area contributed by atoms with Gasteiger partial charge < -0.3 is 4.57 Å². The van der Waals surface area contributed by atoms with Crippen LogP contribution in [0.4, 0.5) is 0 Å². The lowest BCUT2D eigenvalue weighted by Crippen LogP contribution is -2.04. The summed E-state index contributed by atoms with van der Waals surface area (Å²) >= 11 is 0. The summed E-state index contributed by atoms with van der Waals surface area (Å²) < 4.78 is 2.48. The Bertz CT molecular complexity index is 4280. The van der Waals surface area contributed by atoms with Gasteiger partial charge >= 0.3 is 0 Å². The van der Waals surface area contributed by atoms with Crippen LogP contribution in [0.2, 0.25) is 0 Å². The quantitative estimate of drug-likeness (QED) is 0.108. The van der Waals surface area contributed by atoms with E-state index in [1.54, 1.807) is 6.08 Å². The Morgan fingerprint density at radius 3 is 1.03 bits per heavy atom. The van der Waals surface area contributed by atoms with Gasteiger partial charge in [0.25, 0.3) is 0 Å². The average Bonchev–Trinajstić information content (AvgIpc) is 3.89. The van der Waals surface area contributed by atoms with Crippen molar-refractivity contribution >= 4 is 27.4 Å². The second kappa shape index (κ2) is 21.2. The van der Waals surface area contributed by atoms with Gasteiger partial charge in [-0.3, -0.25) is 0 Å². The van der Waals surface area contributed by atoms with Crippen molar-refractivity contribution in [3.8, 4) is 107 Å². The Hall–Kier alpha value is -10.6. The molecule has 0 N–H and O–H groups in total. The lowest BCUT2D eigenvalue weighted by molar-refractivity contribution is 1.07. The zero-order valence-corrected chi connectivity index (χ0v) is 43.4. The minimum atomic E-state index is 0.563. The van der Waals surface area contributed by atoms with Crippen LogP contribution >= 0.6 is 0 Å². The van der Waals surface area contributed by atoms with Crippen LogP contribution < -0.4 is 0 Å². The molecular formula is C75H52N4. The SMILES string of the molecule is C=C/C=C(\C=C)c1ccc(-c2cc(-c3nc(-c4ccccc4)nc(-c4ccc(-c5ccccc5)cc4)n3)cc(-c3ccc(-c4ccccc4)cc3)c2-n2c3ccc(-c4ccccc4)cc3c3cc(-c4ccccc4)ccc32)cc1. The van der Waals surface area contributed by atoms with Crippen LogP contribution in [0, 0.1) is 0 Å². The molecule has 0 bridgehead atoms. The molecule has 0 aliphatic heterocycles. The maximum absolute atomic E-state index is 5.41. The zero-order valence-electron chi connectivity index (χ0n) is 43.4. The van der Waals surface area contributed by atoms with Crippen LogP contribution in [-0.4, -0.2) is 19.5 Å². The molecular weight excluding hydrogens is 957 g/mol.